The van der Waals surface area contributed by atoms with E-state index in [1.54, 1.807) is 21.7 Å². The summed E-state index contributed by atoms with van der Waals surface area (Å²) in [7, 11) is 0. The highest BCUT2D eigenvalue weighted by Crippen LogP contribution is 2.21. The van der Waals surface area contributed by atoms with Crippen LogP contribution >= 0.6 is 15.9 Å². The van der Waals surface area contributed by atoms with Crippen LogP contribution in [0, 0.1) is 0 Å². The SMILES string of the molecule is O=C1CCN(c2ccn3nc(Br)cc3c2)C(=O)N1. The molecule has 0 radical (unpaired) electrons. The van der Waals surface area contributed by atoms with Gasteiger partial charge < -0.3 is 0 Å². The molecule has 0 aliphatic carbocycles. The summed E-state index contributed by atoms with van der Waals surface area (Å²) in [5.41, 5.74) is 1.63. The number of hydrogen-bond acceptors (Lipinski definition) is 3. The second-order valence-corrected chi connectivity index (χ2v) is 4.79. The van der Waals surface area contributed by atoms with Gasteiger partial charge in [-0.1, -0.05) is 0 Å². The summed E-state index contributed by atoms with van der Waals surface area (Å²) >= 11 is 3.30. The molecule has 0 unspecified atom stereocenters. The van der Waals surface area contributed by atoms with Gasteiger partial charge in [0.15, 0.2) is 0 Å². The topological polar surface area (TPSA) is 66.7 Å². The summed E-state index contributed by atoms with van der Waals surface area (Å²) < 4.78 is 2.44. The number of rotatable bonds is 1. The molecular formula is C11H9BrN4O2. The lowest BCUT2D eigenvalue weighted by Gasteiger charge is -2.26. The van der Waals surface area contributed by atoms with Crippen LogP contribution in [0.2, 0.25) is 0 Å². The zero-order valence-electron chi connectivity index (χ0n) is 9.26. The Labute approximate surface area is 111 Å². The maximum atomic E-state index is 11.7. The van der Waals surface area contributed by atoms with Crippen LogP contribution in [0.3, 0.4) is 0 Å². The summed E-state index contributed by atoms with van der Waals surface area (Å²) in [5.74, 6) is -0.232. The van der Waals surface area contributed by atoms with Crippen LogP contribution < -0.4 is 10.2 Å². The third-order valence-electron chi connectivity index (χ3n) is 2.78. The molecule has 3 rings (SSSR count). The lowest BCUT2D eigenvalue weighted by atomic mass is 10.2. The molecule has 0 spiro atoms. The molecule has 0 saturated carbocycles. The Morgan fingerprint density at radius 2 is 2.17 bits per heavy atom. The van der Waals surface area contributed by atoms with Gasteiger partial charge in [-0.05, 0) is 34.1 Å². The highest BCUT2D eigenvalue weighted by atomic mass is 79.9. The number of hydrogen-bond donors (Lipinski definition) is 1. The van der Waals surface area contributed by atoms with Gasteiger partial charge in [-0.25, -0.2) is 9.31 Å². The Morgan fingerprint density at radius 3 is 2.94 bits per heavy atom. The first-order valence-corrected chi connectivity index (χ1v) is 6.19. The van der Waals surface area contributed by atoms with E-state index in [4.69, 9.17) is 0 Å². The number of halogens is 1. The van der Waals surface area contributed by atoms with E-state index < -0.39 is 0 Å². The van der Waals surface area contributed by atoms with E-state index in [9.17, 15) is 9.59 Å². The fourth-order valence-electron chi connectivity index (χ4n) is 1.93. The van der Waals surface area contributed by atoms with E-state index in [0.29, 0.717) is 13.0 Å². The molecule has 0 aromatic carbocycles. The molecule has 3 heterocycles. The first-order valence-electron chi connectivity index (χ1n) is 5.40. The fraction of sp³-hybridized carbons (Fsp3) is 0.182. The lowest BCUT2D eigenvalue weighted by Crippen LogP contribution is -2.49. The lowest BCUT2D eigenvalue weighted by molar-refractivity contribution is -0.120. The molecule has 1 fully saturated rings. The predicted octanol–water partition coefficient (Wildman–Crippen LogP) is 1.54. The van der Waals surface area contributed by atoms with E-state index in [1.165, 1.54) is 0 Å². The van der Waals surface area contributed by atoms with Crippen molar-refractivity contribution >= 4 is 39.1 Å². The van der Waals surface area contributed by atoms with Crippen molar-refractivity contribution < 1.29 is 9.59 Å². The van der Waals surface area contributed by atoms with Crippen molar-refractivity contribution in [3.05, 3.63) is 29.0 Å². The second-order valence-electron chi connectivity index (χ2n) is 3.98. The van der Waals surface area contributed by atoms with Crippen LogP contribution in [0.15, 0.2) is 29.0 Å². The van der Waals surface area contributed by atoms with Crippen LogP contribution in [0.5, 0.6) is 0 Å². The summed E-state index contributed by atoms with van der Waals surface area (Å²) in [4.78, 5) is 24.3. The van der Waals surface area contributed by atoms with Crippen molar-refractivity contribution in [1.82, 2.24) is 14.9 Å². The molecule has 92 valence electrons. The largest absolute Gasteiger partial charge is 0.328 e. The molecule has 1 saturated heterocycles. The summed E-state index contributed by atoms with van der Waals surface area (Å²) in [6.45, 7) is 0.399. The minimum Gasteiger partial charge on any atom is -0.294 e. The Kier molecular flexibility index (Phi) is 2.55. The van der Waals surface area contributed by atoms with Gasteiger partial charge in [-0.3, -0.25) is 15.0 Å². The van der Waals surface area contributed by atoms with Crippen molar-refractivity contribution in [2.24, 2.45) is 0 Å². The number of aromatic nitrogens is 2. The molecule has 2 aromatic rings. The third-order valence-corrected chi connectivity index (χ3v) is 3.17. The number of carbonyl (C=O) groups excluding carboxylic acids is 2. The number of carbonyl (C=O) groups is 2. The molecule has 2 aromatic heterocycles. The van der Waals surface area contributed by atoms with Gasteiger partial charge in [0.25, 0.3) is 0 Å². The van der Waals surface area contributed by atoms with Crippen LogP contribution in [-0.2, 0) is 4.79 Å². The number of nitrogens with zero attached hydrogens (tertiary/aromatic N) is 3. The molecule has 7 heteroatoms. The van der Waals surface area contributed by atoms with Crippen molar-refractivity contribution in [3.63, 3.8) is 0 Å². The fourth-order valence-corrected chi connectivity index (χ4v) is 2.34. The molecular weight excluding hydrogens is 300 g/mol. The minimum atomic E-state index is -0.380. The monoisotopic (exact) mass is 308 g/mol. The quantitative estimate of drug-likeness (QED) is 0.869. The molecule has 18 heavy (non-hydrogen) atoms. The Bertz CT molecular complexity index is 652. The highest BCUT2D eigenvalue weighted by Gasteiger charge is 2.24. The Morgan fingerprint density at radius 1 is 1.33 bits per heavy atom. The standard InChI is InChI=1S/C11H9BrN4O2/c12-9-6-8-5-7(1-4-16(8)14-9)15-3-2-10(17)13-11(15)18/h1,4-6H,2-3H2,(H,13,17,18). The molecule has 1 aliphatic heterocycles. The normalized spacial score (nSPS) is 16.2. The van der Waals surface area contributed by atoms with Gasteiger partial charge in [0, 0.05) is 24.8 Å². The zero-order chi connectivity index (χ0) is 12.7. The average molecular weight is 309 g/mol. The van der Waals surface area contributed by atoms with Gasteiger partial charge in [0.1, 0.15) is 4.60 Å². The number of anilines is 1. The van der Waals surface area contributed by atoms with Crippen molar-refractivity contribution in [1.29, 1.82) is 0 Å². The molecule has 0 atom stereocenters. The summed E-state index contributed by atoms with van der Waals surface area (Å²) in [5, 5.41) is 6.49. The maximum Gasteiger partial charge on any atom is 0.328 e. The number of amides is 3. The number of urea groups is 1. The van der Waals surface area contributed by atoms with E-state index in [0.717, 1.165) is 15.8 Å². The summed E-state index contributed by atoms with van der Waals surface area (Å²) in [6.07, 6.45) is 2.10. The van der Waals surface area contributed by atoms with Crippen LogP contribution in [-0.4, -0.2) is 28.1 Å². The van der Waals surface area contributed by atoms with Crippen LogP contribution in [0.1, 0.15) is 6.42 Å². The molecule has 6 nitrogen and oxygen atoms in total. The van der Waals surface area contributed by atoms with Gasteiger partial charge in [0.05, 0.1) is 5.52 Å². The van der Waals surface area contributed by atoms with Gasteiger partial charge >= 0.3 is 6.03 Å². The second kappa shape index (κ2) is 4.09. The van der Waals surface area contributed by atoms with Crippen molar-refractivity contribution in [3.8, 4) is 0 Å². The van der Waals surface area contributed by atoms with Gasteiger partial charge in [-0.2, -0.15) is 5.10 Å². The number of imide groups is 1. The molecule has 3 amide bonds. The van der Waals surface area contributed by atoms with Crippen LogP contribution in [0.25, 0.3) is 5.52 Å². The van der Waals surface area contributed by atoms with Gasteiger partial charge in [-0.15, -0.1) is 0 Å². The molecule has 1 N–H and O–H groups in total. The first-order chi connectivity index (χ1) is 8.63. The maximum absolute atomic E-state index is 11.7. The predicted molar refractivity (Wildman–Crippen MR) is 68.4 cm³/mol. The Hall–Kier alpha value is -1.89. The van der Waals surface area contributed by atoms with E-state index in [1.807, 2.05) is 12.1 Å². The third kappa shape index (κ3) is 1.86. The van der Waals surface area contributed by atoms with Gasteiger partial charge in [0.2, 0.25) is 5.91 Å². The van der Waals surface area contributed by atoms with E-state index in [-0.39, 0.29) is 11.9 Å². The molecule has 1 aliphatic rings. The minimum absolute atomic E-state index is 0.232. The highest BCUT2D eigenvalue weighted by molar-refractivity contribution is 9.10. The van der Waals surface area contributed by atoms with E-state index in [2.05, 4.69) is 26.3 Å². The van der Waals surface area contributed by atoms with Crippen LogP contribution in [0.4, 0.5) is 10.5 Å². The Balaban J connectivity index is 1.98. The first kappa shape index (κ1) is 11.2. The van der Waals surface area contributed by atoms with Crippen molar-refractivity contribution in [2.45, 2.75) is 6.42 Å². The number of nitrogens with one attached hydrogen (secondary N) is 1. The number of fused-ring (bicyclic) bond motifs is 1. The average Bonchev–Trinajstić information content (AvgIpc) is 2.68. The summed E-state index contributed by atoms with van der Waals surface area (Å²) in [6, 6.07) is 5.13. The van der Waals surface area contributed by atoms with E-state index >= 15 is 0 Å². The zero-order valence-corrected chi connectivity index (χ0v) is 10.8. The molecule has 0 bridgehead atoms. The number of pyridine rings is 1. The van der Waals surface area contributed by atoms with Crippen molar-refractivity contribution in [2.75, 3.05) is 11.4 Å². The smallest absolute Gasteiger partial charge is 0.294 e.